The number of imidazole rings is 1. The van der Waals surface area contributed by atoms with E-state index in [2.05, 4.69) is 35.4 Å². The Morgan fingerprint density at radius 3 is 2.73 bits per heavy atom. The molecule has 1 fully saturated rings. The van der Waals surface area contributed by atoms with E-state index in [9.17, 15) is 17.6 Å². The van der Waals surface area contributed by atoms with Crippen molar-refractivity contribution in [2.45, 2.75) is 51.4 Å². The van der Waals surface area contributed by atoms with Gasteiger partial charge in [-0.25, -0.2) is 19.3 Å². The molecular formula is C27H23BrClF4N5O2. The Balaban J connectivity index is 1.26. The Bertz CT molecular complexity index is 1580. The van der Waals surface area contributed by atoms with E-state index in [-0.39, 0.29) is 16.7 Å². The smallest absolute Gasteiger partial charge is 0.421 e. The molecule has 0 bridgehead atoms. The van der Waals surface area contributed by atoms with Crippen molar-refractivity contribution in [2.24, 2.45) is 0 Å². The number of hydrogen-bond donors (Lipinski definition) is 0. The summed E-state index contributed by atoms with van der Waals surface area (Å²) in [6, 6.07) is 6.86. The summed E-state index contributed by atoms with van der Waals surface area (Å²) in [4.78, 5) is 15.6. The maximum atomic E-state index is 14.2. The number of halogens is 6. The van der Waals surface area contributed by atoms with Gasteiger partial charge in [0.05, 0.1) is 42.1 Å². The zero-order valence-corrected chi connectivity index (χ0v) is 23.4. The molecule has 210 valence electrons. The molecule has 1 aromatic carbocycles. The van der Waals surface area contributed by atoms with Crippen LogP contribution in [0.4, 0.5) is 17.6 Å². The molecule has 0 aliphatic carbocycles. The van der Waals surface area contributed by atoms with Gasteiger partial charge in [0.25, 0.3) is 0 Å². The number of hydrogen-bond acceptors (Lipinski definition) is 6. The van der Waals surface area contributed by atoms with Crippen molar-refractivity contribution in [3.63, 3.8) is 0 Å². The van der Waals surface area contributed by atoms with Crippen LogP contribution in [0, 0.1) is 5.82 Å². The van der Waals surface area contributed by atoms with Crippen LogP contribution >= 0.6 is 27.5 Å². The van der Waals surface area contributed by atoms with Gasteiger partial charge in [-0.2, -0.15) is 13.2 Å². The molecular weight excluding hydrogens is 618 g/mol. The average molecular weight is 641 g/mol. The lowest BCUT2D eigenvalue weighted by Gasteiger charge is -2.30. The predicted molar refractivity (Wildman–Crippen MR) is 142 cm³/mol. The molecule has 0 spiro atoms. The molecule has 1 saturated heterocycles. The summed E-state index contributed by atoms with van der Waals surface area (Å²) >= 11 is 9.18. The summed E-state index contributed by atoms with van der Waals surface area (Å²) in [5, 5.41) is 0.182. The van der Waals surface area contributed by atoms with Crippen molar-refractivity contribution in [3.05, 3.63) is 80.2 Å². The lowest BCUT2D eigenvalue weighted by Crippen LogP contribution is -2.34. The first kappa shape index (κ1) is 27.4. The van der Waals surface area contributed by atoms with Crippen LogP contribution in [0.25, 0.3) is 11.0 Å². The number of rotatable bonds is 7. The van der Waals surface area contributed by atoms with E-state index >= 15 is 0 Å². The number of pyridine rings is 2. The van der Waals surface area contributed by atoms with Crippen LogP contribution in [0.3, 0.4) is 0 Å². The molecule has 4 aromatic rings. The van der Waals surface area contributed by atoms with Crippen LogP contribution in [0.5, 0.6) is 5.88 Å². The largest absolute Gasteiger partial charge is 0.472 e. The minimum absolute atomic E-state index is 0.0779. The van der Waals surface area contributed by atoms with Gasteiger partial charge >= 0.3 is 6.18 Å². The van der Waals surface area contributed by atoms with Gasteiger partial charge in [0.2, 0.25) is 5.88 Å². The molecule has 13 heteroatoms. The second-order valence-electron chi connectivity index (χ2n) is 9.85. The lowest BCUT2D eigenvalue weighted by molar-refractivity contribution is -0.139. The van der Waals surface area contributed by atoms with E-state index in [1.54, 1.807) is 6.20 Å². The molecule has 0 amide bonds. The third-order valence-corrected chi connectivity index (χ3v) is 7.81. The molecule has 6 rings (SSSR count). The maximum Gasteiger partial charge on any atom is 0.421 e. The van der Waals surface area contributed by atoms with Gasteiger partial charge in [-0.3, -0.25) is 4.90 Å². The van der Waals surface area contributed by atoms with E-state index in [0.717, 1.165) is 42.0 Å². The van der Waals surface area contributed by atoms with E-state index in [0.29, 0.717) is 48.5 Å². The van der Waals surface area contributed by atoms with Crippen molar-refractivity contribution in [1.82, 2.24) is 24.4 Å². The monoisotopic (exact) mass is 639 g/mol. The molecule has 0 N–H and O–H groups in total. The van der Waals surface area contributed by atoms with Gasteiger partial charge in [-0.1, -0.05) is 17.7 Å². The highest BCUT2D eigenvalue weighted by atomic mass is 79.9. The van der Waals surface area contributed by atoms with Crippen molar-refractivity contribution >= 4 is 38.6 Å². The Kier molecular flexibility index (Phi) is 7.45. The van der Waals surface area contributed by atoms with Crippen molar-refractivity contribution in [3.8, 4) is 5.88 Å². The first-order chi connectivity index (χ1) is 19.1. The van der Waals surface area contributed by atoms with Gasteiger partial charge in [0, 0.05) is 30.3 Å². The number of fused-ring (bicyclic) bond motifs is 2. The summed E-state index contributed by atoms with van der Waals surface area (Å²) in [6.07, 6.45) is -1.45. The van der Waals surface area contributed by atoms with Crippen LogP contribution in [-0.2, 0) is 43.6 Å². The fraction of sp³-hybridized carbons (Fsp3) is 0.370. The SMILES string of the molecule is Fc1cc(Cl)ccc1COc1nc2c(cc1C(F)(F)F)CCN(Cc1nc3cc(Br)ncc3n1C[C@@H]1CCO1)C2. The molecule has 2 aliphatic rings. The molecule has 0 unspecified atom stereocenters. The zero-order chi connectivity index (χ0) is 28.0. The minimum atomic E-state index is -4.68. The van der Waals surface area contributed by atoms with Crippen molar-refractivity contribution in [2.75, 3.05) is 13.2 Å². The standard InChI is InChI=1S/C27H23BrClF4N5O2/c28-24-9-21-23(10-34-24)38(11-18-4-6-39-18)25(35-21)13-37-5-3-15-7-19(27(31,32)33)26(36-22(15)12-37)40-14-16-1-2-17(29)8-20(16)30/h1-2,7-10,18H,3-6,11-14H2/t18-/m0/s1. The average Bonchev–Trinajstić information content (AvgIpc) is 3.20. The van der Waals surface area contributed by atoms with Crippen LogP contribution in [-0.4, -0.2) is 43.7 Å². The Morgan fingerprint density at radius 2 is 2.00 bits per heavy atom. The highest BCUT2D eigenvalue weighted by Gasteiger charge is 2.37. The predicted octanol–water partition coefficient (Wildman–Crippen LogP) is 6.33. The highest BCUT2D eigenvalue weighted by molar-refractivity contribution is 9.10. The second-order valence-corrected chi connectivity index (χ2v) is 11.1. The van der Waals surface area contributed by atoms with Gasteiger partial charge < -0.3 is 14.0 Å². The van der Waals surface area contributed by atoms with Gasteiger partial charge in [0.15, 0.2) is 0 Å². The summed E-state index contributed by atoms with van der Waals surface area (Å²) in [5.41, 5.74) is 1.79. The quantitative estimate of drug-likeness (QED) is 0.174. The van der Waals surface area contributed by atoms with E-state index in [1.807, 2.05) is 6.07 Å². The Hall–Kier alpha value is -2.80. The number of alkyl halides is 3. The normalized spacial score (nSPS) is 17.6. The van der Waals surface area contributed by atoms with E-state index in [1.165, 1.54) is 12.1 Å². The van der Waals surface area contributed by atoms with Gasteiger partial charge in [0.1, 0.15) is 28.4 Å². The number of nitrogens with zero attached hydrogens (tertiary/aromatic N) is 5. The number of benzene rings is 1. The van der Waals surface area contributed by atoms with E-state index in [4.69, 9.17) is 26.1 Å². The van der Waals surface area contributed by atoms with Crippen LogP contribution in [0.15, 0.2) is 41.1 Å². The van der Waals surface area contributed by atoms with Crippen molar-refractivity contribution < 1.29 is 27.0 Å². The molecule has 2 aliphatic heterocycles. The molecule has 0 saturated carbocycles. The van der Waals surface area contributed by atoms with Gasteiger partial charge in [-0.15, -0.1) is 0 Å². The molecule has 5 heterocycles. The third-order valence-electron chi connectivity index (χ3n) is 7.14. The highest BCUT2D eigenvalue weighted by Crippen LogP contribution is 2.38. The molecule has 3 aromatic heterocycles. The van der Waals surface area contributed by atoms with Crippen LogP contribution in [0.1, 0.15) is 34.6 Å². The van der Waals surface area contributed by atoms with Crippen LogP contribution in [0.2, 0.25) is 5.02 Å². The summed E-state index contributed by atoms with van der Waals surface area (Å²) in [7, 11) is 0. The first-order valence-corrected chi connectivity index (χ1v) is 13.8. The topological polar surface area (TPSA) is 65.3 Å². The molecule has 7 nitrogen and oxygen atoms in total. The Morgan fingerprint density at radius 1 is 1.18 bits per heavy atom. The summed E-state index contributed by atoms with van der Waals surface area (Å²) in [5.74, 6) is -0.425. The fourth-order valence-corrected chi connectivity index (χ4v) is 5.41. The van der Waals surface area contributed by atoms with Gasteiger partial charge in [-0.05, 0) is 58.6 Å². The zero-order valence-electron chi connectivity index (χ0n) is 21.0. The number of ether oxygens (including phenoxy) is 2. The fourth-order valence-electron chi connectivity index (χ4n) is 4.94. The summed E-state index contributed by atoms with van der Waals surface area (Å²) < 4.78 is 69.8. The first-order valence-electron chi connectivity index (χ1n) is 12.7. The maximum absolute atomic E-state index is 14.2. The second kappa shape index (κ2) is 10.9. The lowest BCUT2D eigenvalue weighted by atomic mass is 10.0. The third kappa shape index (κ3) is 5.67. The van der Waals surface area contributed by atoms with Crippen LogP contribution < -0.4 is 4.74 Å². The molecule has 0 radical (unpaired) electrons. The number of aromatic nitrogens is 4. The molecule has 40 heavy (non-hydrogen) atoms. The van der Waals surface area contributed by atoms with Crippen molar-refractivity contribution in [1.29, 1.82) is 0 Å². The Labute approximate surface area is 240 Å². The minimum Gasteiger partial charge on any atom is -0.472 e. The van der Waals surface area contributed by atoms with E-state index < -0.39 is 30.0 Å². The summed E-state index contributed by atoms with van der Waals surface area (Å²) in [6.45, 7) is 2.27. The molecule has 1 atom stereocenters.